The Morgan fingerprint density at radius 2 is 2.00 bits per heavy atom. The molecule has 0 unspecified atom stereocenters. The van der Waals surface area contributed by atoms with Crippen LogP contribution >= 0.6 is 23.2 Å². The van der Waals surface area contributed by atoms with Crippen molar-refractivity contribution in [3.8, 4) is 5.75 Å². The van der Waals surface area contributed by atoms with Crippen LogP contribution < -0.4 is 10.1 Å². The second-order valence-corrected chi connectivity index (χ2v) is 6.22. The number of carbonyl (C=O) groups is 1. The van der Waals surface area contributed by atoms with E-state index >= 15 is 0 Å². The summed E-state index contributed by atoms with van der Waals surface area (Å²) in [5, 5.41) is 5.02. The molecule has 4 nitrogen and oxygen atoms in total. The van der Waals surface area contributed by atoms with Crippen LogP contribution in [0.2, 0.25) is 10.0 Å². The number of aromatic nitrogens is 1. The zero-order chi connectivity index (χ0) is 17.1. The number of hydrogen-bond acceptors (Lipinski definition) is 2. The van der Waals surface area contributed by atoms with Gasteiger partial charge >= 0.3 is 0 Å². The van der Waals surface area contributed by atoms with Crippen molar-refractivity contribution in [3.63, 3.8) is 0 Å². The minimum atomic E-state index is -0.157. The van der Waals surface area contributed by atoms with Gasteiger partial charge in [-0.3, -0.25) is 4.79 Å². The summed E-state index contributed by atoms with van der Waals surface area (Å²) >= 11 is 12.0. The molecule has 0 saturated carbocycles. The smallest absolute Gasteiger partial charge is 0.267 e. The molecule has 0 saturated heterocycles. The highest BCUT2D eigenvalue weighted by atomic mass is 35.5. The van der Waals surface area contributed by atoms with Crippen LogP contribution in [0.5, 0.6) is 5.75 Å². The highest BCUT2D eigenvalue weighted by molar-refractivity contribution is 6.35. The first-order chi connectivity index (χ1) is 11.6. The van der Waals surface area contributed by atoms with Gasteiger partial charge in [0, 0.05) is 27.5 Å². The van der Waals surface area contributed by atoms with Crippen molar-refractivity contribution in [1.29, 1.82) is 0 Å². The first-order valence-corrected chi connectivity index (χ1v) is 8.21. The average molecular weight is 363 g/mol. The summed E-state index contributed by atoms with van der Waals surface area (Å²) in [4.78, 5) is 15.4. The van der Waals surface area contributed by atoms with Crippen LogP contribution in [0.15, 0.2) is 42.5 Å². The van der Waals surface area contributed by atoms with E-state index in [2.05, 4.69) is 10.3 Å². The highest BCUT2D eigenvalue weighted by Crippen LogP contribution is 2.22. The first-order valence-electron chi connectivity index (χ1n) is 7.45. The largest absolute Gasteiger partial charge is 0.497 e. The van der Waals surface area contributed by atoms with Crippen LogP contribution in [-0.4, -0.2) is 24.5 Å². The topological polar surface area (TPSA) is 54.1 Å². The number of carbonyl (C=O) groups excluding carboxylic acids is 1. The van der Waals surface area contributed by atoms with Gasteiger partial charge in [-0.15, -0.1) is 0 Å². The fourth-order valence-electron chi connectivity index (χ4n) is 2.49. The van der Waals surface area contributed by atoms with Gasteiger partial charge in [-0.2, -0.15) is 0 Å². The molecule has 0 bridgehead atoms. The summed E-state index contributed by atoms with van der Waals surface area (Å²) in [7, 11) is 1.61. The van der Waals surface area contributed by atoms with E-state index in [0.29, 0.717) is 28.7 Å². The standard InChI is InChI=1S/C18H16Cl2N2O2/c1-24-14-4-5-16-12(8-14)9-17(22-16)18(23)21-7-6-11-2-3-13(19)10-15(11)20/h2-5,8-10,22H,6-7H2,1H3,(H,21,23). The Labute approximate surface area is 149 Å². The molecule has 0 aliphatic carbocycles. The molecule has 0 radical (unpaired) electrons. The molecule has 1 aromatic heterocycles. The summed E-state index contributed by atoms with van der Waals surface area (Å²) in [6.07, 6.45) is 0.635. The molecule has 0 fully saturated rings. The molecule has 0 atom stereocenters. The summed E-state index contributed by atoms with van der Waals surface area (Å²) in [6.45, 7) is 0.485. The lowest BCUT2D eigenvalue weighted by Gasteiger charge is -2.06. The maximum Gasteiger partial charge on any atom is 0.267 e. The number of amides is 1. The zero-order valence-corrected chi connectivity index (χ0v) is 14.5. The third-order valence-electron chi connectivity index (χ3n) is 3.77. The highest BCUT2D eigenvalue weighted by Gasteiger charge is 2.10. The first kappa shape index (κ1) is 16.7. The van der Waals surface area contributed by atoms with Gasteiger partial charge in [-0.05, 0) is 48.4 Å². The van der Waals surface area contributed by atoms with Gasteiger partial charge in [0.25, 0.3) is 5.91 Å². The Balaban J connectivity index is 1.64. The monoisotopic (exact) mass is 362 g/mol. The van der Waals surface area contributed by atoms with Crippen molar-refractivity contribution < 1.29 is 9.53 Å². The molecule has 1 heterocycles. The maximum atomic E-state index is 12.3. The number of H-pyrrole nitrogens is 1. The van der Waals surface area contributed by atoms with Gasteiger partial charge in [0.1, 0.15) is 11.4 Å². The lowest BCUT2D eigenvalue weighted by molar-refractivity contribution is 0.0950. The van der Waals surface area contributed by atoms with Crippen LogP contribution in [0.3, 0.4) is 0 Å². The number of halogens is 2. The van der Waals surface area contributed by atoms with E-state index in [-0.39, 0.29) is 5.91 Å². The Morgan fingerprint density at radius 3 is 2.75 bits per heavy atom. The predicted octanol–water partition coefficient (Wildman–Crippen LogP) is 4.46. The molecule has 124 valence electrons. The van der Waals surface area contributed by atoms with E-state index in [1.165, 1.54) is 0 Å². The minimum Gasteiger partial charge on any atom is -0.497 e. The van der Waals surface area contributed by atoms with E-state index in [4.69, 9.17) is 27.9 Å². The fourth-order valence-corrected chi connectivity index (χ4v) is 2.99. The van der Waals surface area contributed by atoms with Crippen LogP contribution in [0.4, 0.5) is 0 Å². The normalized spacial score (nSPS) is 10.8. The number of fused-ring (bicyclic) bond motifs is 1. The van der Waals surface area contributed by atoms with Crippen molar-refractivity contribution in [1.82, 2.24) is 10.3 Å². The van der Waals surface area contributed by atoms with Gasteiger partial charge < -0.3 is 15.0 Å². The molecule has 3 rings (SSSR count). The number of rotatable bonds is 5. The van der Waals surface area contributed by atoms with Crippen molar-refractivity contribution in [3.05, 3.63) is 63.8 Å². The van der Waals surface area contributed by atoms with Crippen LogP contribution in [0, 0.1) is 0 Å². The van der Waals surface area contributed by atoms with Gasteiger partial charge in [-0.1, -0.05) is 29.3 Å². The van der Waals surface area contributed by atoms with Gasteiger partial charge in [-0.25, -0.2) is 0 Å². The summed E-state index contributed by atoms with van der Waals surface area (Å²) < 4.78 is 5.19. The number of aromatic amines is 1. The van der Waals surface area contributed by atoms with Crippen molar-refractivity contribution >= 4 is 40.0 Å². The molecule has 3 aromatic rings. The summed E-state index contributed by atoms with van der Waals surface area (Å²) in [6, 6.07) is 12.8. The SMILES string of the molecule is COc1ccc2[nH]c(C(=O)NCCc3ccc(Cl)cc3Cl)cc2c1. The van der Waals surface area contributed by atoms with E-state index in [1.807, 2.05) is 30.3 Å². The number of methoxy groups -OCH3 is 1. The minimum absolute atomic E-state index is 0.157. The molecule has 0 aliphatic heterocycles. The molecular weight excluding hydrogens is 347 g/mol. The maximum absolute atomic E-state index is 12.3. The number of nitrogens with one attached hydrogen (secondary N) is 2. The van der Waals surface area contributed by atoms with Crippen molar-refractivity contribution in [2.24, 2.45) is 0 Å². The number of ether oxygens (including phenoxy) is 1. The third-order valence-corrected chi connectivity index (χ3v) is 4.35. The summed E-state index contributed by atoms with van der Waals surface area (Å²) in [5.74, 6) is 0.598. The van der Waals surface area contributed by atoms with Crippen molar-refractivity contribution in [2.75, 3.05) is 13.7 Å². The van der Waals surface area contributed by atoms with E-state index in [1.54, 1.807) is 19.2 Å². The number of benzene rings is 2. The Kier molecular flexibility index (Phi) is 4.97. The average Bonchev–Trinajstić information content (AvgIpc) is 2.99. The lowest BCUT2D eigenvalue weighted by Crippen LogP contribution is -2.26. The lowest BCUT2D eigenvalue weighted by atomic mass is 10.1. The van der Waals surface area contributed by atoms with E-state index in [9.17, 15) is 4.79 Å². The molecule has 0 spiro atoms. The Bertz CT molecular complexity index is 890. The van der Waals surface area contributed by atoms with Gasteiger partial charge in [0.05, 0.1) is 7.11 Å². The molecule has 6 heteroatoms. The Hall–Kier alpha value is -2.17. The molecular formula is C18H16Cl2N2O2. The quantitative estimate of drug-likeness (QED) is 0.703. The second kappa shape index (κ2) is 7.16. The van der Waals surface area contributed by atoms with Crippen molar-refractivity contribution in [2.45, 2.75) is 6.42 Å². The van der Waals surface area contributed by atoms with Crippen LogP contribution in [0.1, 0.15) is 16.1 Å². The second-order valence-electron chi connectivity index (χ2n) is 5.38. The van der Waals surface area contributed by atoms with Gasteiger partial charge in [0.15, 0.2) is 0 Å². The zero-order valence-electron chi connectivity index (χ0n) is 13.0. The molecule has 2 aromatic carbocycles. The molecule has 24 heavy (non-hydrogen) atoms. The van der Waals surface area contributed by atoms with E-state index < -0.39 is 0 Å². The molecule has 2 N–H and O–H groups in total. The van der Waals surface area contributed by atoms with Crippen LogP contribution in [0.25, 0.3) is 10.9 Å². The Morgan fingerprint density at radius 1 is 1.17 bits per heavy atom. The van der Waals surface area contributed by atoms with Gasteiger partial charge in [0.2, 0.25) is 0 Å². The summed E-state index contributed by atoms with van der Waals surface area (Å²) in [5.41, 5.74) is 2.35. The van der Waals surface area contributed by atoms with Crippen LogP contribution in [-0.2, 0) is 6.42 Å². The third kappa shape index (κ3) is 3.66. The molecule has 0 aliphatic rings. The fraction of sp³-hybridized carbons (Fsp3) is 0.167. The molecule has 1 amide bonds. The van der Waals surface area contributed by atoms with E-state index in [0.717, 1.165) is 22.2 Å². The number of hydrogen-bond donors (Lipinski definition) is 2. The predicted molar refractivity (Wildman–Crippen MR) is 97.3 cm³/mol.